The zero-order chi connectivity index (χ0) is 34.8. The molecule has 2 saturated heterocycles. The molecule has 266 valence electrons. The molecule has 4 N–H and O–H groups in total. The molecule has 11 nitrogen and oxygen atoms in total. The number of hydrogen-bond acceptors (Lipinski definition) is 12. The van der Waals surface area contributed by atoms with Gasteiger partial charge in [-0.15, -0.1) is 23.5 Å². The number of likely N-dealkylation sites (tertiary alicyclic amines) is 1. The Morgan fingerprint density at radius 3 is 2.56 bits per heavy atom. The molecule has 13 heteroatoms. The van der Waals surface area contributed by atoms with Crippen LogP contribution >= 0.6 is 23.5 Å². The second-order valence-electron chi connectivity index (χ2n) is 12.3. The van der Waals surface area contributed by atoms with Gasteiger partial charge in [-0.25, -0.2) is 0 Å². The highest BCUT2D eigenvalue weighted by atomic mass is 32.2. The third-order valence-electron chi connectivity index (χ3n) is 9.01. The number of allylic oxidation sites excluding steroid dienone is 3. The SMILES string of the molecule is CC/C=C(\C=NC)c1ccc(SC(C)C(NC(=O)C2C3OCC=CCC3CN2CCC(=O)OCC)C2OC(SC)C(O)C(O)C2O)cc1. The van der Waals surface area contributed by atoms with Crippen molar-refractivity contribution in [3.8, 4) is 0 Å². The van der Waals surface area contributed by atoms with Crippen molar-refractivity contribution in [1.29, 1.82) is 0 Å². The minimum atomic E-state index is -1.46. The van der Waals surface area contributed by atoms with Gasteiger partial charge in [0.1, 0.15) is 35.9 Å². The lowest BCUT2D eigenvalue weighted by atomic mass is 9.92. The van der Waals surface area contributed by atoms with E-state index < -0.39 is 48.0 Å². The highest BCUT2D eigenvalue weighted by Gasteiger charge is 2.51. The molecular weight excluding hydrogens is 655 g/mol. The predicted molar refractivity (Wildman–Crippen MR) is 190 cm³/mol. The fourth-order valence-electron chi connectivity index (χ4n) is 6.64. The van der Waals surface area contributed by atoms with Gasteiger partial charge in [0.2, 0.25) is 5.91 Å². The molecule has 3 aliphatic heterocycles. The van der Waals surface area contributed by atoms with Crippen molar-refractivity contribution in [2.24, 2.45) is 10.9 Å². The van der Waals surface area contributed by atoms with Gasteiger partial charge < -0.3 is 34.8 Å². The van der Waals surface area contributed by atoms with Crippen LogP contribution in [0.2, 0.25) is 0 Å². The molecule has 0 aromatic heterocycles. The zero-order valence-corrected chi connectivity index (χ0v) is 30.1. The first-order valence-corrected chi connectivity index (χ1v) is 18.9. The topological polar surface area (TPSA) is 150 Å². The van der Waals surface area contributed by atoms with Gasteiger partial charge in [0.15, 0.2) is 0 Å². The molecule has 48 heavy (non-hydrogen) atoms. The van der Waals surface area contributed by atoms with Gasteiger partial charge in [0.05, 0.1) is 31.8 Å². The Bertz CT molecular complexity index is 1290. The molecule has 10 atom stereocenters. The summed E-state index contributed by atoms with van der Waals surface area (Å²) in [6.07, 6.45) is 5.86. The van der Waals surface area contributed by atoms with Crippen LogP contribution in [-0.4, -0.2) is 131 Å². The lowest BCUT2D eigenvalue weighted by molar-refractivity contribution is -0.205. The molecule has 4 rings (SSSR count). The Labute approximate surface area is 292 Å². The Hall–Kier alpha value is -2.23. The minimum absolute atomic E-state index is 0.0595. The number of amides is 1. The Morgan fingerprint density at radius 2 is 1.90 bits per heavy atom. The van der Waals surface area contributed by atoms with Crippen LogP contribution in [0.15, 0.2) is 52.4 Å². The van der Waals surface area contributed by atoms with Gasteiger partial charge >= 0.3 is 5.97 Å². The molecule has 0 saturated carbocycles. The standard InChI is InChI=1S/C35H51N3O8S2/c1-6-10-23(19-36-4)22-12-14-25(15-13-22)48-21(3)27(33-30(41)29(40)31(42)35(46-33)47-5)37-34(43)28-32-24(11-8-9-18-45-32)20-38(28)17-16-26(39)44-7-2/h8-10,12-15,19,21,24,27-33,35,40-42H,6-7,11,16-18,20H2,1-5H3,(H,37,43)/b23-10+,36-19?. The van der Waals surface area contributed by atoms with E-state index in [2.05, 4.69) is 29.4 Å². The fourth-order valence-corrected chi connectivity index (χ4v) is 8.41. The highest BCUT2D eigenvalue weighted by molar-refractivity contribution is 8.00. The number of thioether (sulfide) groups is 2. The quantitative estimate of drug-likeness (QED) is 0.0980. The summed E-state index contributed by atoms with van der Waals surface area (Å²) in [5.41, 5.74) is 1.26. The van der Waals surface area contributed by atoms with Gasteiger partial charge in [0.25, 0.3) is 0 Å². The van der Waals surface area contributed by atoms with Crippen LogP contribution in [0.3, 0.4) is 0 Å². The van der Waals surface area contributed by atoms with Crippen LogP contribution in [0.4, 0.5) is 0 Å². The summed E-state index contributed by atoms with van der Waals surface area (Å²) in [5, 5.41) is 35.5. The van der Waals surface area contributed by atoms with Crippen LogP contribution in [0.5, 0.6) is 0 Å². The fraction of sp³-hybridized carbons (Fsp3) is 0.629. The molecule has 0 bridgehead atoms. The van der Waals surface area contributed by atoms with E-state index in [9.17, 15) is 24.9 Å². The largest absolute Gasteiger partial charge is 0.466 e. The monoisotopic (exact) mass is 705 g/mol. The van der Waals surface area contributed by atoms with Crippen LogP contribution < -0.4 is 5.32 Å². The summed E-state index contributed by atoms with van der Waals surface area (Å²) in [6, 6.07) is 6.61. The number of rotatable bonds is 14. The first-order valence-electron chi connectivity index (χ1n) is 16.7. The van der Waals surface area contributed by atoms with E-state index in [1.807, 2.05) is 48.4 Å². The lowest BCUT2D eigenvalue weighted by Gasteiger charge is -2.45. The van der Waals surface area contributed by atoms with Crippen LogP contribution in [0, 0.1) is 5.92 Å². The van der Waals surface area contributed by atoms with Crippen molar-refractivity contribution in [1.82, 2.24) is 10.2 Å². The number of nitrogens with zero attached hydrogens (tertiary/aromatic N) is 2. The second-order valence-corrected chi connectivity index (χ2v) is 14.7. The van der Waals surface area contributed by atoms with E-state index in [0.717, 1.165) is 28.9 Å². The van der Waals surface area contributed by atoms with Gasteiger partial charge in [-0.1, -0.05) is 44.2 Å². The number of fused-ring (bicyclic) bond motifs is 1. The second kappa shape index (κ2) is 18.7. The summed E-state index contributed by atoms with van der Waals surface area (Å²) < 4.78 is 17.6. The minimum Gasteiger partial charge on any atom is -0.466 e. The van der Waals surface area contributed by atoms with Crippen molar-refractivity contribution in [2.75, 3.05) is 39.6 Å². The molecule has 0 aliphatic carbocycles. The highest BCUT2D eigenvalue weighted by Crippen LogP contribution is 2.36. The Morgan fingerprint density at radius 1 is 1.15 bits per heavy atom. The summed E-state index contributed by atoms with van der Waals surface area (Å²) in [6.45, 7) is 7.35. The van der Waals surface area contributed by atoms with E-state index in [1.165, 1.54) is 23.5 Å². The predicted octanol–water partition coefficient (Wildman–Crippen LogP) is 2.92. The third-order valence-corrected chi connectivity index (χ3v) is 11.1. The van der Waals surface area contributed by atoms with Crippen molar-refractivity contribution in [3.05, 3.63) is 48.1 Å². The van der Waals surface area contributed by atoms with Gasteiger partial charge in [-0.05, 0) is 49.3 Å². The first kappa shape index (κ1) is 38.6. The van der Waals surface area contributed by atoms with Crippen LogP contribution in [-0.2, 0) is 23.8 Å². The van der Waals surface area contributed by atoms with Crippen molar-refractivity contribution < 1.29 is 39.1 Å². The summed E-state index contributed by atoms with van der Waals surface area (Å²) in [4.78, 5) is 33.8. The van der Waals surface area contributed by atoms with E-state index in [0.29, 0.717) is 19.7 Å². The van der Waals surface area contributed by atoms with E-state index in [1.54, 1.807) is 20.2 Å². The average molecular weight is 706 g/mol. The molecule has 2 fully saturated rings. The molecule has 10 unspecified atom stereocenters. The Balaban J connectivity index is 1.61. The van der Waals surface area contributed by atoms with Crippen LogP contribution in [0.1, 0.15) is 45.6 Å². The van der Waals surface area contributed by atoms with Crippen molar-refractivity contribution in [3.63, 3.8) is 0 Å². The maximum atomic E-state index is 14.4. The zero-order valence-electron chi connectivity index (χ0n) is 28.4. The Kier molecular flexibility index (Phi) is 15.0. The number of carbonyl (C=O) groups excluding carboxylic acids is 2. The third kappa shape index (κ3) is 9.51. The molecule has 1 aromatic carbocycles. The summed E-state index contributed by atoms with van der Waals surface area (Å²) in [7, 11) is 1.74. The van der Waals surface area contributed by atoms with Gasteiger partial charge in [-0.3, -0.25) is 19.5 Å². The van der Waals surface area contributed by atoms with Crippen LogP contribution in [0.25, 0.3) is 5.57 Å². The van der Waals surface area contributed by atoms with Crippen molar-refractivity contribution in [2.45, 2.75) is 98.2 Å². The maximum Gasteiger partial charge on any atom is 0.307 e. The molecular formula is C35H51N3O8S2. The number of benzene rings is 1. The normalized spacial score (nSPS) is 30.9. The van der Waals surface area contributed by atoms with Gasteiger partial charge in [0, 0.05) is 42.4 Å². The molecule has 1 amide bonds. The molecule has 3 heterocycles. The number of hydrogen-bond donors (Lipinski definition) is 4. The smallest absolute Gasteiger partial charge is 0.307 e. The number of aliphatic hydroxyl groups excluding tert-OH is 3. The number of carbonyl (C=O) groups is 2. The van der Waals surface area contributed by atoms with E-state index >= 15 is 0 Å². The molecule has 0 spiro atoms. The summed E-state index contributed by atoms with van der Waals surface area (Å²) >= 11 is 2.74. The number of aliphatic hydroxyl groups is 3. The first-order chi connectivity index (χ1) is 23.1. The number of nitrogens with one attached hydrogen (secondary N) is 1. The van der Waals surface area contributed by atoms with Crippen molar-refractivity contribution >= 4 is 47.2 Å². The number of aliphatic imine (C=N–C) groups is 1. The molecule has 1 aromatic rings. The summed E-state index contributed by atoms with van der Waals surface area (Å²) in [5.74, 6) is -0.581. The van der Waals surface area contributed by atoms with E-state index in [-0.39, 0.29) is 36.1 Å². The van der Waals surface area contributed by atoms with E-state index in [4.69, 9.17) is 14.2 Å². The molecule has 0 radical (unpaired) electrons. The average Bonchev–Trinajstić information content (AvgIpc) is 3.26. The van der Waals surface area contributed by atoms with Gasteiger partial charge in [-0.2, -0.15) is 0 Å². The number of ether oxygens (including phenoxy) is 3. The lowest BCUT2D eigenvalue weighted by Crippen LogP contribution is -2.65. The number of esters is 1. The maximum absolute atomic E-state index is 14.4. The molecule has 3 aliphatic rings.